The van der Waals surface area contributed by atoms with Gasteiger partial charge in [-0.2, -0.15) is 0 Å². The van der Waals surface area contributed by atoms with Crippen LogP contribution in [0.4, 0.5) is 0 Å². The molecule has 0 aliphatic carbocycles. The van der Waals surface area contributed by atoms with Crippen molar-refractivity contribution in [2.24, 2.45) is 0 Å². The van der Waals surface area contributed by atoms with Crippen molar-refractivity contribution in [3.63, 3.8) is 0 Å². The first-order valence-corrected chi connectivity index (χ1v) is 5.90. The van der Waals surface area contributed by atoms with E-state index >= 15 is 0 Å². The molecule has 0 radical (unpaired) electrons. The van der Waals surface area contributed by atoms with E-state index in [0.717, 1.165) is 30.2 Å². The van der Waals surface area contributed by atoms with Crippen LogP contribution in [-0.4, -0.2) is 9.97 Å². The Morgan fingerprint density at radius 2 is 2.18 bits per heavy atom. The highest BCUT2D eigenvalue weighted by Gasteiger charge is 2.21. The van der Waals surface area contributed by atoms with Gasteiger partial charge >= 0.3 is 0 Å². The first kappa shape index (κ1) is 10.5. The summed E-state index contributed by atoms with van der Waals surface area (Å²) in [4.78, 5) is 9.21. The Morgan fingerprint density at radius 3 is 2.88 bits per heavy atom. The minimum absolute atomic E-state index is 0.403. The molecule has 0 unspecified atom stereocenters. The predicted octanol–water partition coefficient (Wildman–Crippen LogP) is 2.46. The summed E-state index contributed by atoms with van der Waals surface area (Å²) in [6.07, 6.45) is 1.65. The zero-order chi connectivity index (χ0) is 11.8. The monoisotopic (exact) mass is 229 g/mol. The van der Waals surface area contributed by atoms with Gasteiger partial charge in [-0.1, -0.05) is 13.8 Å². The van der Waals surface area contributed by atoms with E-state index in [9.17, 15) is 0 Å². The minimum Gasteiger partial charge on any atom is -0.461 e. The van der Waals surface area contributed by atoms with E-state index < -0.39 is 0 Å². The Balaban J connectivity index is 2.16. The first-order chi connectivity index (χ1) is 8.25. The van der Waals surface area contributed by atoms with Crippen LogP contribution in [0.1, 0.15) is 36.7 Å². The summed E-state index contributed by atoms with van der Waals surface area (Å²) in [7, 11) is 0. The van der Waals surface area contributed by atoms with Gasteiger partial charge in [0.25, 0.3) is 0 Å². The van der Waals surface area contributed by atoms with Gasteiger partial charge in [-0.25, -0.2) is 9.97 Å². The molecule has 1 aliphatic rings. The number of furan rings is 1. The van der Waals surface area contributed by atoms with Crippen molar-refractivity contribution >= 4 is 0 Å². The highest BCUT2D eigenvalue weighted by atomic mass is 16.3. The van der Waals surface area contributed by atoms with E-state index in [-0.39, 0.29) is 0 Å². The largest absolute Gasteiger partial charge is 0.461 e. The van der Waals surface area contributed by atoms with E-state index in [0.29, 0.717) is 11.7 Å². The van der Waals surface area contributed by atoms with E-state index in [1.807, 2.05) is 12.1 Å². The van der Waals surface area contributed by atoms with E-state index in [2.05, 4.69) is 29.1 Å². The Labute approximate surface area is 100 Å². The molecule has 4 heteroatoms. The molecule has 0 saturated carbocycles. The summed E-state index contributed by atoms with van der Waals surface area (Å²) in [6, 6.07) is 3.76. The number of nitrogens with zero attached hydrogens (tertiary/aromatic N) is 2. The van der Waals surface area contributed by atoms with Crippen molar-refractivity contribution < 1.29 is 4.42 Å². The SMILES string of the molecule is CC(C)c1nc(-c2ccco2)nc2c1CNC2. The molecule has 0 bridgehead atoms. The molecule has 0 aromatic carbocycles. The van der Waals surface area contributed by atoms with Crippen LogP contribution in [0.15, 0.2) is 22.8 Å². The third-order valence-corrected chi connectivity index (χ3v) is 3.01. The van der Waals surface area contributed by atoms with E-state index in [1.165, 1.54) is 5.56 Å². The molecule has 0 spiro atoms. The van der Waals surface area contributed by atoms with Crippen molar-refractivity contribution in [1.82, 2.24) is 15.3 Å². The van der Waals surface area contributed by atoms with Crippen LogP contribution < -0.4 is 5.32 Å². The van der Waals surface area contributed by atoms with Crippen LogP contribution in [0, 0.1) is 0 Å². The van der Waals surface area contributed by atoms with Crippen LogP contribution in [0.3, 0.4) is 0 Å². The first-order valence-electron chi connectivity index (χ1n) is 5.90. The second-order valence-corrected chi connectivity index (χ2v) is 4.59. The minimum atomic E-state index is 0.403. The van der Waals surface area contributed by atoms with Crippen molar-refractivity contribution in [3.05, 3.63) is 35.3 Å². The average Bonchev–Trinajstić information content (AvgIpc) is 2.98. The zero-order valence-electron chi connectivity index (χ0n) is 10.0. The second-order valence-electron chi connectivity index (χ2n) is 4.59. The standard InChI is InChI=1S/C13H15N3O/c1-8(2)12-9-6-14-7-10(9)15-13(16-12)11-4-3-5-17-11/h3-5,8,14H,6-7H2,1-2H3. The van der Waals surface area contributed by atoms with Crippen LogP contribution in [0.25, 0.3) is 11.6 Å². The Kier molecular flexibility index (Phi) is 2.44. The summed E-state index contributed by atoms with van der Waals surface area (Å²) in [5, 5.41) is 3.32. The number of aromatic nitrogens is 2. The van der Waals surface area contributed by atoms with Gasteiger partial charge in [-0.3, -0.25) is 0 Å². The maximum Gasteiger partial charge on any atom is 0.196 e. The van der Waals surface area contributed by atoms with Gasteiger partial charge in [-0.15, -0.1) is 0 Å². The maximum atomic E-state index is 5.37. The number of fused-ring (bicyclic) bond motifs is 1. The molecule has 3 rings (SSSR count). The molecule has 0 atom stereocenters. The third kappa shape index (κ3) is 1.74. The topological polar surface area (TPSA) is 51.0 Å². The van der Waals surface area contributed by atoms with Crippen molar-refractivity contribution in [3.8, 4) is 11.6 Å². The van der Waals surface area contributed by atoms with Crippen LogP contribution in [-0.2, 0) is 13.1 Å². The van der Waals surface area contributed by atoms with Crippen molar-refractivity contribution in [2.75, 3.05) is 0 Å². The van der Waals surface area contributed by atoms with E-state index in [1.54, 1.807) is 6.26 Å². The van der Waals surface area contributed by atoms with Crippen molar-refractivity contribution in [1.29, 1.82) is 0 Å². The lowest BCUT2D eigenvalue weighted by molar-refractivity contribution is 0.575. The third-order valence-electron chi connectivity index (χ3n) is 3.01. The van der Waals surface area contributed by atoms with Crippen LogP contribution in [0.2, 0.25) is 0 Å². The quantitative estimate of drug-likeness (QED) is 0.859. The molecule has 88 valence electrons. The molecular weight excluding hydrogens is 214 g/mol. The molecule has 17 heavy (non-hydrogen) atoms. The molecule has 0 saturated heterocycles. The summed E-state index contributed by atoms with van der Waals surface area (Å²) < 4.78 is 5.37. The fourth-order valence-corrected chi connectivity index (χ4v) is 2.19. The Bertz CT molecular complexity index is 532. The summed E-state index contributed by atoms with van der Waals surface area (Å²) >= 11 is 0. The van der Waals surface area contributed by atoms with Crippen LogP contribution in [0.5, 0.6) is 0 Å². The maximum absolute atomic E-state index is 5.37. The van der Waals surface area contributed by atoms with Gasteiger partial charge in [0, 0.05) is 18.7 Å². The molecule has 1 aliphatic heterocycles. The molecule has 0 fully saturated rings. The molecule has 1 N–H and O–H groups in total. The lowest BCUT2D eigenvalue weighted by Crippen LogP contribution is -2.05. The molecule has 4 nitrogen and oxygen atoms in total. The second kappa shape index (κ2) is 3.96. The van der Waals surface area contributed by atoms with Crippen LogP contribution >= 0.6 is 0 Å². The number of hydrogen-bond donors (Lipinski definition) is 1. The number of rotatable bonds is 2. The fraction of sp³-hybridized carbons (Fsp3) is 0.385. The Morgan fingerprint density at radius 1 is 1.29 bits per heavy atom. The number of hydrogen-bond acceptors (Lipinski definition) is 4. The molecule has 2 aromatic heterocycles. The van der Waals surface area contributed by atoms with E-state index in [4.69, 9.17) is 4.42 Å². The van der Waals surface area contributed by atoms with Gasteiger partial charge in [0.1, 0.15) is 0 Å². The smallest absolute Gasteiger partial charge is 0.196 e. The summed E-state index contributed by atoms with van der Waals surface area (Å²) in [6.45, 7) is 6.02. The molecule has 3 heterocycles. The van der Waals surface area contributed by atoms with Crippen molar-refractivity contribution in [2.45, 2.75) is 32.9 Å². The van der Waals surface area contributed by atoms with Gasteiger partial charge in [0.2, 0.25) is 0 Å². The van der Waals surface area contributed by atoms with Gasteiger partial charge < -0.3 is 9.73 Å². The summed E-state index contributed by atoms with van der Waals surface area (Å²) in [5.74, 6) is 1.84. The predicted molar refractivity (Wildman–Crippen MR) is 64.4 cm³/mol. The lowest BCUT2D eigenvalue weighted by atomic mass is 10.0. The molecule has 2 aromatic rings. The fourth-order valence-electron chi connectivity index (χ4n) is 2.19. The Hall–Kier alpha value is -1.68. The normalized spacial score (nSPS) is 14.3. The molecule has 0 amide bonds. The summed E-state index contributed by atoms with van der Waals surface area (Å²) in [5.41, 5.74) is 3.50. The highest BCUT2D eigenvalue weighted by Crippen LogP contribution is 2.26. The zero-order valence-corrected chi connectivity index (χ0v) is 10.0. The van der Waals surface area contributed by atoms with Gasteiger partial charge in [-0.05, 0) is 18.1 Å². The lowest BCUT2D eigenvalue weighted by Gasteiger charge is -2.11. The highest BCUT2D eigenvalue weighted by molar-refractivity contribution is 5.49. The molecular formula is C13H15N3O. The number of nitrogens with one attached hydrogen (secondary N) is 1. The van der Waals surface area contributed by atoms with Gasteiger partial charge in [0.15, 0.2) is 11.6 Å². The van der Waals surface area contributed by atoms with Gasteiger partial charge in [0.05, 0.1) is 17.7 Å². The average molecular weight is 229 g/mol.